The van der Waals surface area contributed by atoms with Crippen LogP contribution in [0.5, 0.6) is 0 Å². The summed E-state index contributed by atoms with van der Waals surface area (Å²) in [5.74, 6) is 1.13. The van der Waals surface area contributed by atoms with Gasteiger partial charge in [-0.2, -0.15) is 15.1 Å². The highest BCUT2D eigenvalue weighted by molar-refractivity contribution is 5.86. The van der Waals surface area contributed by atoms with Crippen LogP contribution in [0.25, 0.3) is 11.0 Å². The van der Waals surface area contributed by atoms with Crippen LogP contribution >= 0.6 is 0 Å². The Hall–Kier alpha value is -2.70. The summed E-state index contributed by atoms with van der Waals surface area (Å²) in [4.78, 5) is 15.7. The van der Waals surface area contributed by atoms with Crippen molar-refractivity contribution in [3.8, 4) is 0 Å². The molecule has 7 nitrogen and oxygen atoms in total. The molecule has 0 unspecified atom stereocenters. The molecule has 3 aromatic rings. The lowest BCUT2D eigenvalue weighted by Crippen LogP contribution is -2.28. The van der Waals surface area contributed by atoms with Crippen molar-refractivity contribution in [2.24, 2.45) is 7.05 Å². The molecule has 0 amide bonds. The van der Waals surface area contributed by atoms with Crippen LogP contribution in [0.4, 0.5) is 11.8 Å². The zero-order valence-electron chi connectivity index (χ0n) is 12.3. The number of nitrogens with two attached hydrogens (primary N) is 1. The molecule has 112 valence electrons. The van der Waals surface area contributed by atoms with Gasteiger partial charge in [0, 0.05) is 19.3 Å². The second-order valence-corrected chi connectivity index (χ2v) is 5.59. The second kappa shape index (κ2) is 4.94. The molecule has 1 saturated carbocycles. The fourth-order valence-corrected chi connectivity index (χ4v) is 2.58. The molecular formula is C15H17N7. The van der Waals surface area contributed by atoms with E-state index in [-0.39, 0.29) is 0 Å². The lowest BCUT2D eigenvalue weighted by atomic mass is 10.3. The molecule has 0 aromatic carbocycles. The van der Waals surface area contributed by atoms with Crippen LogP contribution in [0.2, 0.25) is 0 Å². The summed E-state index contributed by atoms with van der Waals surface area (Å²) in [6.07, 6.45) is 5.81. The first-order valence-corrected chi connectivity index (χ1v) is 7.34. The Morgan fingerprint density at radius 3 is 2.91 bits per heavy atom. The smallest absolute Gasteiger partial charge is 0.229 e. The van der Waals surface area contributed by atoms with Gasteiger partial charge in [0.25, 0.3) is 0 Å². The van der Waals surface area contributed by atoms with E-state index in [4.69, 9.17) is 5.73 Å². The van der Waals surface area contributed by atoms with Crippen LogP contribution in [0, 0.1) is 0 Å². The van der Waals surface area contributed by atoms with Crippen molar-refractivity contribution in [1.29, 1.82) is 0 Å². The first-order chi connectivity index (χ1) is 10.7. The summed E-state index contributed by atoms with van der Waals surface area (Å²) in [7, 11) is 1.86. The summed E-state index contributed by atoms with van der Waals surface area (Å²) in [6.45, 7) is 0.689. The maximum atomic E-state index is 6.08. The molecule has 3 aromatic heterocycles. The molecule has 0 aliphatic heterocycles. The minimum Gasteiger partial charge on any atom is -0.383 e. The van der Waals surface area contributed by atoms with Crippen LogP contribution in [-0.4, -0.2) is 30.8 Å². The van der Waals surface area contributed by atoms with Gasteiger partial charge in [0.1, 0.15) is 5.82 Å². The monoisotopic (exact) mass is 295 g/mol. The van der Waals surface area contributed by atoms with Crippen molar-refractivity contribution in [2.75, 3.05) is 10.6 Å². The molecule has 1 aliphatic carbocycles. The first kappa shape index (κ1) is 13.0. The highest BCUT2D eigenvalue weighted by Crippen LogP contribution is 2.32. The highest BCUT2D eigenvalue weighted by Gasteiger charge is 2.31. The number of rotatable bonds is 4. The fourth-order valence-electron chi connectivity index (χ4n) is 2.58. The van der Waals surface area contributed by atoms with E-state index in [1.54, 1.807) is 17.1 Å². The number of fused-ring (bicyclic) bond motifs is 1. The van der Waals surface area contributed by atoms with E-state index in [9.17, 15) is 0 Å². The van der Waals surface area contributed by atoms with Gasteiger partial charge in [-0.15, -0.1) is 0 Å². The van der Waals surface area contributed by atoms with Gasteiger partial charge in [-0.25, -0.2) is 0 Å². The Kier molecular flexibility index (Phi) is 2.92. The predicted octanol–water partition coefficient (Wildman–Crippen LogP) is 1.51. The Morgan fingerprint density at radius 2 is 2.18 bits per heavy atom. The van der Waals surface area contributed by atoms with Crippen molar-refractivity contribution in [3.05, 3.63) is 36.3 Å². The average molecular weight is 295 g/mol. The zero-order valence-corrected chi connectivity index (χ0v) is 12.3. The largest absolute Gasteiger partial charge is 0.383 e. The molecule has 3 heterocycles. The van der Waals surface area contributed by atoms with Gasteiger partial charge in [-0.3, -0.25) is 9.67 Å². The summed E-state index contributed by atoms with van der Waals surface area (Å²) in [6, 6.07) is 6.39. The number of aromatic nitrogens is 5. The van der Waals surface area contributed by atoms with Gasteiger partial charge in [0.05, 0.1) is 23.8 Å². The second-order valence-electron chi connectivity index (χ2n) is 5.59. The van der Waals surface area contributed by atoms with E-state index in [1.165, 1.54) is 0 Å². The molecule has 22 heavy (non-hydrogen) atoms. The third-order valence-electron chi connectivity index (χ3n) is 3.91. The SMILES string of the molecule is Cn1ncc2c(N)nc(N(Cc3ccccn3)C3CC3)nc21. The normalized spacial score (nSPS) is 14.4. The number of anilines is 2. The molecule has 1 aliphatic rings. The molecule has 0 bridgehead atoms. The molecule has 0 saturated heterocycles. The molecule has 0 spiro atoms. The number of aryl methyl sites for hydroxylation is 1. The van der Waals surface area contributed by atoms with E-state index >= 15 is 0 Å². The van der Waals surface area contributed by atoms with Gasteiger partial charge in [0.15, 0.2) is 5.65 Å². The van der Waals surface area contributed by atoms with Crippen molar-refractivity contribution in [3.63, 3.8) is 0 Å². The number of nitrogens with zero attached hydrogens (tertiary/aromatic N) is 6. The van der Waals surface area contributed by atoms with Gasteiger partial charge >= 0.3 is 0 Å². The summed E-state index contributed by atoms with van der Waals surface area (Å²) < 4.78 is 1.72. The van der Waals surface area contributed by atoms with Gasteiger partial charge < -0.3 is 10.6 Å². The van der Waals surface area contributed by atoms with Crippen molar-refractivity contribution >= 4 is 22.8 Å². The average Bonchev–Trinajstić information content (AvgIpc) is 3.30. The zero-order chi connectivity index (χ0) is 15.1. The lowest BCUT2D eigenvalue weighted by molar-refractivity contribution is 0.739. The lowest BCUT2D eigenvalue weighted by Gasteiger charge is -2.22. The highest BCUT2D eigenvalue weighted by atomic mass is 15.3. The van der Waals surface area contributed by atoms with E-state index < -0.39 is 0 Å². The van der Waals surface area contributed by atoms with Crippen LogP contribution in [0.1, 0.15) is 18.5 Å². The Bertz CT molecular complexity index is 807. The van der Waals surface area contributed by atoms with Crippen molar-refractivity contribution < 1.29 is 0 Å². The maximum Gasteiger partial charge on any atom is 0.229 e. The van der Waals surface area contributed by atoms with E-state index in [0.717, 1.165) is 29.6 Å². The molecule has 2 N–H and O–H groups in total. The molecule has 7 heteroatoms. The standard InChI is InChI=1S/C15H17N7/c1-21-14-12(8-18-21)13(16)19-15(20-14)22(11-5-6-11)9-10-4-2-3-7-17-10/h2-4,7-8,11H,5-6,9H2,1H3,(H2,16,19,20). The number of pyridine rings is 1. The molecule has 0 atom stereocenters. The Morgan fingerprint density at radius 1 is 1.32 bits per heavy atom. The van der Waals surface area contributed by atoms with E-state index in [0.29, 0.717) is 24.4 Å². The van der Waals surface area contributed by atoms with Crippen molar-refractivity contribution in [1.82, 2.24) is 24.7 Å². The van der Waals surface area contributed by atoms with E-state index in [1.807, 2.05) is 25.2 Å². The predicted molar refractivity (Wildman–Crippen MR) is 84.2 cm³/mol. The molecular weight excluding hydrogens is 278 g/mol. The first-order valence-electron chi connectivity index (χ1n) is 7.34. The van der Waals surface area contributed by atoms with Gasteiger partial charge in [-0.05, 0) is 25.0 Å². The van der Waals surface area contributed by atoms with Crippen LogP contribution in [0.3, 0.4) is 0 Å². The van der Waals surface area contributed by atoms with Gasteiger partial charge in [-0.1, -0.05) is 6.07 Å². The maximum absolute atomic E-state index is 6.08. The number of hydrogen-bond acceptors (Lipinski definition) is 6. The van der Waals surface area contributed by atoms with E-state index in [2.05, 4.69) is 25.0 Å². The summed E-state index contributed by atoms with van der Waals surface area (Å²) in [5.41, 5.74) is 7.84. The van der Waals surface area contributed by atoms with Gasteiger partial charge in [0.2, 0.25) is 5.95 Å². The summed E-state index contributed by atoms with van der Waals surface area (Å²) >= 11 is 0. The fraction of sp³-hybridized carbons (Fsp3) is 0.333. The van der Waals surface area contributed by atoms with Crippen LogP contribution in [0.15, 0.2) is 30.6 Å². The van der Waals surface area contributed by atoms with Crippen LogP contribution < -0.4 is 10.6 Å². The Labute approximate surface area is 127 Å². The third-order valence-corrected chi connectivity index (χ3v) is 3.91. The third kappa shape index (κ3) is 2.24. The van der Waals surface area contributed by atoms with Crippen molar-refractivity contribution in [2.45, 2.75) is 25.4 Å². The molecule has 0 radical (unpaired) electrons. The molecule has 4 rings (SSSR count). The topological polar surface area (TPSA) is 85.8 Å². The minimum absolute atomic E-state index is 0.465. The minimum atomic E-state index is 0.465. The molecule has 1 fully saturated rings. The van der Waals surface area contributed by atoms with Crippen LogP contribution in [-0.2, 0) is 13.6 Å². The summed E-state index contributed by atoms with van der Waals surface area (Å²) in [5, 5.41) is 5.00. The number of hydrogen-bond donors (Lipinski definition) is 1. The number of nitrogen functional groups attached to an aromatic ring is 1. The Balaban J connectivity index is 1.75. The quantitative estimate of drug-likeness (QED) is 0.785.